The van der Waals surface area contributed by atoms with E-state index in [4.69, 9.17) is 11.6 Å². The number of rotatable bonds is 7. The lowest BCUT2D eigenvalue weighted by Gasteiger charge is -2.29. The van der Waals surface area contributed by atoms with E-state index < -0.39 is 0 Å². The highest BCUT2D eigenvalue weighted by molar-refractivity contribution is 7.18. The van der Waals surface area contributed by atoms with Crippen molar-refractivity contribution in [3.63, 3.8) is 0 Å². The summed E-state index contributed by atoms with van der Waals surface area (Å²) in [6.07, 6.45) is 3.88. The Bertz CT molecular complexity index is 861. The first-order valence-corrected chi connectivity index (χ1v) is 11.3. The Labute approximate surface area is 181 Å². The van der Waals surface area contributed by atoms with Crippen LogP contribution in [-0.2, 0) is 0 Å². The number of hydrogen-bond acceptors (Lipinski definition) is 4. The first-order chi connectivity index (χ1) is 13.9. The van der Waals surface area contributed by atoms with Crippen LogP contribution < -0.4 is 10.6 Å². The molecule has 0 spiro atoms. The number of aryl methyl sites for hydroxylation is 1. The molecule has 1 unspecified atom stereocenters. The molecule has 2 aromatic rings. The van der Waals surface area contributed by atoms with Crippen molar-refractivity contribution < 1.29 is 9.59 Å². The van der Waals surface area contributed by atoms with Crippen molar-refractivity contribution in [2.45, 2.75) is 33.1 Å². The number of anilines is 1. The Balaban J connectivity index is 1.54. The summed E-state index contributed by atoms with van der Waals surface area (Å²) in [4.78, 5) is 28.2. The smallest absolute Gasteiger partial charge is 0.261 e. The highest BCUT2D eigenvalue weighted by Crippen LogP contribution is 2.28. The van der Waals surface area contributed by atoms with Crippen molar-refractivity contribution in [1.29, 1.82) is 0 Å². The van der Waals surface area contributed by atoms with Crippen LogP contribution in [0.5, 0.6) is 0 Å². The minimum atomic E-state index is -0.279. The molecular formula is C22H28ClN3O2S. The van der Waals surface area contributed by atoms with Crippen LogP contribution >= 0.6 is 22.9 Å². The number of nitrogens with one attached hydrogen (secondary N) is 2. The van der Waals surface area contributed by atoms with Gasteiger partial charge in [-0.15, -0.1) is 11.3 Å². The van der Waals surface area contributed by atoms with Crippen molar-refractivity contribution >= 4 is 39.8 Å². The fourth-order valence-corrected chi connectivity index (χ4v) is 4.79. The van der Waals surface area contributed by atoms with Crippen LogP contribution in [0.3, 0.4) is 0 Å². The monoisotopic (exact) mass is 433 g/mol. The molecule has 0 aliphatic carbocycles. The van der Waals surface area contributed by atoms with Gasteiger partial charge in [-0.2, -0.15) is 0 Å². The quantitative estimate of drug-likeness (QED) is 0.658. The summed E-state index contributed by atoms with van der Waals surface area (Å²) in [6, 6.07) is 8.73. The van der Waals surface area contributed by atoms with E-state index in [1.54, 1.807) is 24.3 Å². The molecule has 156 valence electrons. The van der Waals surface area contributed by atoms with E-state index in [0.29, 0.717) is 32.9 Å². The number of amides is 2. The zero-order valence-corrected chi connectivity index (χ0v) is 18.5. The fraction of sp³-hybridized carbons (Fsp3) is 0.455. The van der Waals surface area contributed by atoms with E-state index >= 15 is 0 Å². The van der Waals surface area contributed by atoms with E-state index in [-0.39, 0.29) is 11.8 Å². The molecule has 0 saturated carbocycles. The lowest BCUT2D eigenvalue weighted by Crippen LogP contribution is -2.38. The molecule has 2 N–H and O–H groups in total. The maximum atomic E-state index is 12.6. The second-order valence-corrected chi connectivity index (χ2v) is 9.19. The van der Waals surface area contributed by atoms with Crippen LogP contribution in [0.2, 0.25) is 5.02 Å². The molecular weight excluding hydrogens is 406 g/mol. The molecule has 1 aromatic heterocycles. The van der Waals surface area contributed by atoms with Crippen LogP contribution in [0.4, 0.5) is 5.00 Å². The van der Waals surface area contributed by atoms with Gasteiger partial charge in [0.1, 0.15) is 0 Å². The first kappa shape index (κ1) is 21.8. The van der Waals surface area contributed by atoms with Crippen molar-refractivity contribution in [1.82, 2.24) is 10.2 Å². The van der Waals surface area contributed by atoms with Crippen molar-refractivity contribution in [3.05, 3.63) is 51.4 Å². The van der Waals surface area contributed by atoms with E-state index in [1.807, 2.05) is 13.0 Å². The number of thiophene rings is 1. The molecule has 0 bridgehead atoms. The highest BCUT2D eigenvalue weighted by atomic mass is 35.5. The van der Waals surface area contributed by atoms with E-state index in [1.165, 1.54) is 30.6 Å². The van der Waals surface area contributed by atoms with Crippen LogP contribution in [0, 0.1) is 12.8 Å². The van der Waals surface area contributed by atoms with Gasteiger partial charge in [0.15, 0.2) is 0 Å². The lowest BCUT2D eigenvalue weighted by molar-refractivity contribution is 0.0945. The number of likely N-dealkylation sites (tertiary alicyclic amines) is 1. The van der Waals surface area contributed by atoms with Crippen molar-refractivity contribution in [2.24, 2.45) is 5.92 Å². The summed E-state index contributed by atoms with van der Waals surface area (Å²) in [5.74, 6) is 0.0342. The standard InChI is InChI=1S/C22H28ClN3O2S/c1-15(14-26-10-6-3-7-11-26)13-24-22(28)20-16(2)12-19(29-20)25-21(27)17-8-4-5-9-18(17)23/h4-5,8-9,12,15H,3,6-7,10-11,13-14H2,1-2H3,(H,24,28)(H,25,27). The minimum Gasteiger partial charge on any atom is -0.351 e. The molecule has 1 aromatic carbocycles. The van der Waals surface area contributed by atoms with Crippen LogP contribution in [-0.4, -0.2) is 42.9 Å². The second-order valence-electron chi connectivity index (χ2n) is 7.73. The summed E-state index contributed by atoms with van der Waals surface area (Å²) in [5.41, 5.74) is 1.27. The summed E-state index contributed by atoms with van der Waals surface area (Å²) in [7, 11) is 0. The first-order valence-electron chi connectivity index (χ1n) is 10.1. The minimum absolute atomic E-state index is 0.0868. The Kier molecular flexibility index (Phi) is 7.70. The largest absolute Gasteiger partial charge is 0.351 e. The van der Waals surface area contributed by atoms with E-state index in [9.17, 15) is 9.59 Å². The van der Waals surface area contributed by atoms with Gasteiger partial charge in [-0.1, -0.05) is 37.1 Å². The second kappa shape index (κ2) is 10.2. The molecule has 2 amide bonds. The third-order valence-corrected chi connectivity index (χ3v) is 6.59. The molecule has 1 atom stereocenters. The number of piperidine rings is 1. The average molecular weight is 434 g/mol. The number of carbonyl (C=O) groups excluding carboxylic acids is 2. The Morgan fingerprint density at radius 3 is 2.62 bits per heavy atom. The van der Waals surface area contributed by atoms with Gasteiger partial charge in [-0.25, -0.2) is 0 Å². The normalized spacial score (nSPS) is 15.7. The summed E-state index contributed by atoms with van der Waals surface area (Å²) < 4.78 is 0. The number of halogens is 1. The van der Waals surface area contributed by atoms with Gasteiger partial charge in [-0.3, -0.25) is 9.59 Å². The number of nitrogens with zero attached hydrogens (tertiary/aromatic N) is 1. The summed E-state index contributed by atoms with van der Waals surface area (Å²) >= 11 is 7.37. The van der Waals surface area contributed by atoms with Gasteiger partial charge in [0.25, 0.3) is 11.8 Å². The fourth-order valence-electron chi connectivity index (χ4n) is 3.59. The predicted octanol–water partition coefficient (Wildman–Crippen LogP) is 4.81. The van der Waals surface area contributed by atoms with Gasteiger partial charge in [0, 0.05) is 13.1 Å². The van der Waals surface area contributed by atoms with Gasteiger partial charge < -0.3 is 15.5 Å². The zero-order valence-electron chi connectivity index (χ0n) is 17.0. The Morgan fingerprint density at radius 2 is 1.90 bits per heavy atom. The van der Waals surface area contributed by atoms with Gasteiger partial charge >= 0.3 is 0 Å². The van der Waals surface area contributed by atoms with Crippen molar-refractivity contribution in [2.75, 3.05) is 31.5 Å². The van der Waals surface area contributed by atoms with E-state index in [2.05, 4.69) is 22.5 Å². The highest BCUT2D eigenvalue weighted by Gasteiger charge is 2.18. The van der Waals surface area contributed by atoms with Gasteiger partial charge in [0.2, 0.25) is 0 Å². The van der Waals surface area contributed by atoms with Crippen LogP contribution in [0.25, 0.3) is 0 Å². The Hall–Kier alpha value is -1.89. The van der Waals surface area contributed by atoms with Gasteiger partial charge in [-0.05, 0) is 62.5 Å². The third-order valence-electron chi connectivity index (χ3n) is 5.11. The van der Waals surface area contributed by atoms with Crippen molar-refractivity contribution in [3.8, 4) is 0 Å². The zero-order chi connectivity index (χ0) is 20.8. The maximum absolute atomic E-state index is 12.6. The van der Waals surface area contributed by atoms with Crippen LogP contribution in [0.1, 0.15) is 51.8 Å². The number of hydrogen-bond donors (Lipinski definition) is 2. The predicted molar refractivity (Wildman–Crippen MR) is 120 cm³/mol. The average Bonchev–Trinajstić information content (AvgIpc) is 3.07. The summed E-state index contributed by atoms with van der Waals surface area (Å²) in [5, 5.41) is 6.93. The molecule has 0 radical (unpaired) electrons. The molecule has 7 heteroatoms. The molecule has 5 nitrogen and oxygen atoms in total. The Morgan fingerprint density at radius 1 is 1.17 bits per heavy atom. The molecule has 1 aliphatic rings. The summed E-state index contributed by atoms with van der Waals surface area (Å²) in [6.45, 7) is 8.05. The molecule has 1 fully saturated rings. The molecule has 1 saturated heterocycles. The SMILES string of the molecule is Cc1cc(NC(=O)c2ccccc2Cl)sc1C(=O)NCC(C)CN1CCCCC1. The molecule has 29 heavy (non-hydrogen) atoms. The topological polar surface area (TPSA) is 61.4 Å². The maximum Gasteiger partial charge on any atom is 0.261 e. The number of benzene rings is 1. The van der Waals surface area contributed by atoms with E-state index in [0.717, 1.165) is 25.2 Å². The molecule has 3 rings (SSSR count). The number of carbonyl (C=O) groups is 2. The van der Waals surface area contributed by atoms with Gasteiger partial charge in [0.05, 0.1) is 20.5 Å². The van der Waals surface area contributed by atoms with Crippen LogP contribution in [0.15, 0.2) is 30.3 Å². The lowest BCUT2D eigenvalue weighted by atomic mass is 10.1. The molecule has 1 aliphatic heterocycles. The molecule has 2 heterocycles. The third kappa shape index (κ3) is 6.04.